The Morgan fingerprint density at radius 2 is 1.80 bits per heavy atom. The SMILES string of the molecule is Cc1ccc(NC(=O)C2CCN(c3ccc4nnc(C(F)(F)F)n4n3)CC2)cc1C. The van der Waals surface area contributed by atoms with Gasteiger partial charge in [0.15, 0.2) is 5.65 Å². The van der Waals surface area contributed by atoms with Gasteiger partial charge in [-0.15, -0.1) is 15.3 Å². The van der Waals surface area contributed by atoms with Crippen LogP contribution < -0.4 is 10.2 Å². The van der Waals surface area contributed by atoms with E-state index in [1.54, 1.807) is 6.07 Å². The molecule has 3 heterocycles. The maximum absolute atomic E-state index is 13.1. The van der Waals surface area contributed by atoms with Gasteiger partial charge >= 0.3 is 6.18 Å². The number of aromatic nitrogens is 4. The number of anilines is 2. The Kier molecular flexibility index (Phi) is 5.08. The molecule has 0 radical (unpaired) electrons. The molecule has 1 aliphatic heterocycles. The molecule has 0 spiro atoms. The second-order valence-corrected chi connectivity index (χ2v) is 7.53. The number of halogens is 3. The van der Waals surface area contributed by atoms with Crippen molar-refractivity contribution in [1.82, 2.24) is 19.8 Å². The fourth-order valence-electron chi connectivity index (χ4n) is 3.56. The van der Waals surface area contributed by atoms with E-state index in [9.17, 15) is 18.0 Å². The van der Waals surface area contributed by atoms with Gasteiger partial charge in [0, 0.05) is 24.7 Å². The molecular formula is C20H21F3N6O. The molecule has 1 amide bonds. The van der Waals surface area contributed by atoms with Gasteiger partial charge in [0.25, 0.3) is 5.82 Å². The summed E-state index contributed by atoms with van der Waals surface area (Å²) in [6.45, 7) is 5.05. The van der Waals surface area contributed by atoms with Crippen molar-refractivity contribution >= 4 is 23.1 Å². The van der Waals surface area contributed by atoms with Crippen molar-refractivity contribution in [3.63, 3.8) is 0 Å². The third kappa shape index (κ3) is 3.94. The van der Waals surface area contributed by atoms with Crippen molar-refractivity contribution in [1.29, 1.82) is 0 Å². The molecule has 1 N–H and O–H groups in total. The topological polar surface area (TPSA) is 75.4 Å². The van der Waals surface area contributed by atoms with Gasteiger partial charge in [0.1, 0.15) is 5.82 Å². The van der Waals surface area contributed by atoms with Crippen LogP contribution in [0.1, 0.15) is 29.8 Å². The number of benzene rings is 1. The molecule has 158 valence electrons. The van der Waals surface area contributed by atoms with Crippen molar-refractivity contribution in [2.75, 3.05) is 23.3 Å². The Morgan fingerprint density at radius 3 is 2.47 bits per heavy atom. The van der Waals surface area contributed by atoms with Crippen molar-refractivity contribution in [3.8, 4) is 0 Å². The molecule has 4 rings (SSSR count). The van der Waals surface area contributed by atoms with E-state index in [-0.39, 0.29) is 17.5 Å². The normalized spacial score (nSPS) is 15.6. The average Bonchev–Trinajstić information content (AvgIpc) is 3.14. The molecule has 10 heteroatoms. The highest BCUT2D eigenvalue weighted by atomic mass is 19.4. The zero-order valence-corrected chi connectivity index (χ0v) is 16.6. The van der Waals surface area contributed by atoms with E-state index < -0.39 is 12.0 Å². The largest absolute Gasteiger partial charge is 0.453 e. The third-order valence-corrected chi connectivity index (χ3v) is 5.47. The highest BCUT2D eigenvalue weighted by Crippen LogP contribution is 2.29. The Balaban J connectivity index is 1.42. The van der Waals surface area contributed by atoms with Crippen molar-refractivity contribution in [2.45, 2.75) is 32.9 Å². The first-order valence-corrected chi connectivity index (χ1v) is 9.65. The van der Waals surface area contributed by atoms with Crippen LogP contribution in [-0.2, 0) is 11.0 Å². The maximum Gasteiger partial charge on any atom is 0.453 e. The smallest absolute Gasteiger partial charge is 0.355 e. The predicted molar refractivity (Wildman–Crippen MR) is 105 cm³/mol. The van der Waals surface area contributed by atoms with E-state index in [1.807, 2.05) is 36.9 Å². The number of rotatable bonds is 3. The molecule has 0 aliphatic carbocycles. The molecule has 0 saturated carbocycles. The quantitative estimate of drug-likeness (QED) is 0.703. The van der Waals surface area contributed by atoms with Crippen LogP contribution in [0.25, 0.3) is 5.65 Å². The summed E-state index contributed by atoms with van der Waals surface area (Å²) in [6.07, 6.45) is -3.46. The Bertz CT molecular complexity index is 1090. The summed E-state index contributed by atoms with van der Waals surface area (Å²) in [5, 5.41) is 13.7. The summed E-state index contributed by atoms with van der Waals surface area (Å²) in [4.78, 5) is 14.5. The molecule has 2 aromatic heterocycles. The minimum Gasteiger partial charge on any atom is -0.355 e. The van der Waals surface area contributed by atoms with Gasteiger partial charge in [-0.2, -0.15) is 17.7 Å². The van der Waals surface area contributed by atoms with Crippen molar-refractivity contribution in [3.05, 3.63) is 47.3 Å². The third-order valence-electron chi connectivity index (χ3n) is 5.47. The van der Waals surface area contributed by atoms with Crippen LogP contribution in [0.3, 0.4) is 0 Å². The van der Waals surface area contributed by atoms with E-state index >= 15 is 0 Å². The zero-order valence-electron chi connectivity index (χ0n) is 16.6. The maximum atomic E-state index is 13.1. The average molecular weight is 418 g/mol. The van der Waals surface area contributed by atoms with E-state index in [2.05, 4.69) is 20.6 Å². The molecule has 7 nitrogen and oxygen atoms in total. The number of carbonyl (C=O) groups excluding carboxylic acids is 1. The first kappa shape index (κ1) is 20.1. The van der Waals surface area contributed by atoms with Gasteiger partial charge in [0.05, 0.1) is 0 Å². The molecule has 1 aliphatic rings. The number of hydrogen-bond acceptors (Lipinski definition) is 5. The number of hydrogen-bond donors (Lipinski definition) is 1. The standard InChI is InChI=1S/C20H21F3N6O/c1-12-3-4-15(11-13(12)2)24-18(30)14-7-9-28(10-8-14)17-6-5-16-25-26-19(20(21,22)23)29(16)27-17/h3-6,11,14H,7-10H2,1-2H3,(H,24,30). The molecular weight excluding hydrogens is 397 g/mol. The molecule has 30 heavy (non-hydrogen) atoms. The van der Waals surface area contributed by atoms with E-state index in [0.29, 0.717) is 36.3 Å². The number of alkyl halides is 3. The minimum absolute atomic E-state index is 0.0359. The monoisotopic (exact) mass is 418 g/mol. The number of nitrogens with one attached hydrogen (secondary N) is 1. The number of amides is 1. The van der Waals surface area contributed by atoms with Gasteiger partial charge in [0.2, 0.25) is 5.91 Å². The van der Waals surface area contributed by atoms with Gasteiger partial charge < -0.3 is 10.2 Å². The fraction of sp³-hybridized carbons (Fsp3) is 0.400. The van der Waals surface area contributed by atoms with E-state index in [1.165, 1.54) is 6.07 Å². The summed E-state index contributed by atoms with van der Waals surface area (Å²) in [5.41, 5.74) is 3.07. The number of nitrogens with zero attached hydrogens (tertiary/aromatic N) is 5. The first-order chi connectivity index (χ1) is 14.2. The zero-order chi connectivity index (χ0) is 21.5. The Hall–Kier alpha value is -3.17. The lowest BCUT2D eigenvalue weighted by atomic mass is 9.95. The van der Waals surface area contributed by atoms with Crippen LogP contribution in [0.4, 0.5) is 24.7 Å². The second-order valence-electron chi connectivity index (χ2n) is 7.53. The van der Waals surface area contributed by atoms with E-state index in [0.717, 1.165) is 16.8 Å². The van der Waals surface area contributed by atoms with Crippen LogP contribution in [0.2, 0.25) is 0 Å². The van der Waals surface area contributed by atoms with Gasteiger partial charge in [-0.05, 0) is 62.1 Å². The second kappa shape index (κ2) is 7.58. The summed E-state index contributed by atoms with van der Waals surface area (Å²) in [6, 6.07) is 8.88. The molecule has 1 aromatic carbocycles. The van der Waals surface area contributed by atoms with Crippen LogP contribution in [0.15, 0.2) is 30.3 Å². The lowest BCUT2D eigenvalue weighted by molar-refractivity contribution is -0.146. The Morgan fingerprint density at radius 1 is 1.07 bits per heavy atom. The summed E-state index contributed by atoms with van der Waals surface area (Å²) < 4.78 is 39.9. The van der Waals surface area contributed by atoms with Crippen LogP contribution in [0, 0.1) is 19.8 Å². The molecule has 0 bridgehead atoms. The summed E-state index contributed by atoms with van der Waals surface area (Å²) >= 11 is 0. The molecule has 0 atom stereocenters. The van der Waals surface area contributed by atoms with Crippen LogP contribution >= 0.6 is 0 Å². The van der Waals surface area contributed by atoms with E-state index in [4.69, 9.17) is 0 Å². The van der Waals surface area contributed by atoms with Crippen LogP contribution in [-0.4, -0.2) is 38.8 Å². The van der Waals surface area contributed by atoms with Crippen LogP contribution in [0.5, 0.6) is 0 Å². The van der Waals surface area contributed by atoms with Gasteiger partial charge in [-0.1, -0.05) is 6.07 Å². The predicted octanol–water partition coefficient (Wildman–Crippen LogP) is 3.62. The first-order valence-electron chi connectivity index (χ1n) is 9.65. The summed E-state index contributed by atoms with van der Waals surface area (Å²) in [7, 11) is 0. The molecule has 1 fully saturated rings. The molecule has 1 saturated heterocycles. The lowest BCUT2D eigenvalue weighted by Crippen LogP contribution is -2.38. The molecule has 0 unspecified atom stereocenters. The fourth-order valence-corrected chi connectivity index (χ4v) is 3.56. The lowest BCUT2D eigenvalue weighted by Gasteiger charge is -2.32. The van der Waals surface area contributed by atoms with Crippen molar-refractivity contribution < 1.29 is 18.0 Å². The van der Waals surface area contributed by atoms with Crippen molar-refractivity contribution in [2.24, 2.45) is 5.92 Å². The number of fused-ring (bicyclic) bond motifs is 1. The number of carbonyl (C=O) groups is 1. The Labute approximate surface area is 170 Å². The summed E-state index contributed by atoms with van der Waals surface area (Å²) in [5.74, 6) is -0.949. The highest BCUT2D eigenvalue weighted by molar-refractivity contribution is 5.92. The molecule has 3 aromatic rings. The highest BCUT2D eigenvalue weighted by Gasteiger charge is 2.38. The number of piperidine rings is 1. The van der Waals surface area contributed by atoms with Gasteiger partial charge in [-0.3, -0.25) is 4.79 Å². The van der Waals surface area contributed by atoms with Gasteiger partial charge in [-0.25, -0.2) is 0 Å². The number of aryl methyl sites for hydroxylation is 2. The minimum atomic E-state index is -4.63.